The smallest absolute Gasteiger partial charge is 0.239 e. The Morgan fingerprint density at radius 2 is 1.81 bits per heavy atom. The van der Waals surface area contributed by atoms with Gasteiger partial charge in [0.05, 0.1) is 12.0 Å². The fourth-order valence-electron chi connectivity index (χ4n) is 2.85. The van der Waals surface area contributed by atoms with E-state index in [1.54, 1.807) is 0 Å². The van der Waals surface area contributed by atoms with E-state index in [2.05, 4.69) is 16.0 Å². The van der Waals surface area contributed by atoms with Crippen molar-refractivity contribution >= 4 is 11.8 Å². The van der Waals surface area contributed by atoms with Crippen molar-refractivity contribution in [3.63, 3.8) is 0 Å². The molecule has 114 valence electrons. The van der Waals surface area contributed by atoms with Crippen LogP contribution in [0.2, 0.25) is 0 Å². The van der Waals surface area contributed by atoms with Crippen molar-refractivity contribution in [2.45, 2.75) is 25.2 Å². The van der Waals surface area contributed by atoms with Crippen molar-refractivity contribution < 1.29 is 9.59 Å². The van der Waals surface area contributed by atoms with Crippen LogP contribution >= 0.6 is 0 Å². The highest BCUT2D eigenvalue weighted by Gasteiger charge is 2.40. The molecule has 5 heteroatoms. The monoisotopic (exact) mass is 289 g/mol. The second-order valence-corrected chi connectivity index (χ2v) is 5.33. The molecule has 1 aliphatic heterocycles. The summed E-state index contributed by atoms with van der Waals surface area (Å²) in [6.45, 7) is 4.09. The summed E-state index contributed by atoms with van der Waals surface area (Å²) < 4.78 is 0. The first-order valence-corrected chi connectivity index (χ1v) is 7.50. The van der Waals surface area contributed by atoms with Crippen LogP contribution in [0, 0.1) is 0 Å². The minimum atomic E-state index is -0.529. The van der Waals surface area contributed by atoms with E-state index in [9.17, 15) is 9.59 Å². The zero-order valence-corrected chi connectivity index (χ0v) is 12.4. The predicted octanol–water partition coefficient (Wildman–Crippen LogP) is 0.560. The summed E-state index contributed by atoms with van der Waals surface area (Å²) in [6, 6.07) is 9.85. The van der Waals surface area contributed by atoms with Crippen molar-refractivity contribution in [3.8, 4) is 0 Å². The first kappa shape index (κ1) is 15.5. The number of piperidine rings is 1. The molecule has 2 rings (SSSR count). The highest BCUT2D eigenvalue weighted by Crippen LogP contribution is 2.33. The van der Waals surface area contributed by atoms with Crippen LogP contribution in [0.15, 0.2) is 30.3 Å². The Labute approximate surface area is 125 Å². The molecule has 1 aromatic rings. The average Bonchev–Trinajstić information content (AvgIpc) is 2.54. The van der Waals surface area contributed by atoms with E-state index >= 15 is 0 Å². The van der Waals surface area contributed by atoms with Gasteiger partial charge in [-0.15, -0.1) is 0 Å². The van der Waals surface area contributed by atoms with Crippen LogP contribution in [-0.4, -0.2) is 38.0 Å². The zero-order chi connectivity index (χ0) is 15.1. The molecule has 1 saturated heterocycles. The number of carbonyl (C=O) groups excluding carboxylic acids is 2. The van der Waals surface area contributed by atoms with Gasteiger partial charge in [-0.25, -0.2) is 0 Å². The van der Waals surface area contributed by atoms with Crippen LogP contribution in [-0.2, 0) is 15.0 Å². The van der Waals surface area contributed by atoms with Crippen LogP contribution < -0.4 is 16.0 Å². The van der Waals surface area contributed by atoms with E-state index in [0.29, 0.717) is 6.54 Å². The molecule has 5 nitrogen and oxygen atoms in total. The number of amides is 2. The van der Waals surface area contributed by atoms with Crippen molar-refractivity contribution in [1.29, 1.82) is 0 Å². The third kappa shape index (κ3) is 3.61. The van der Waals surface area contributed by atoms with Crippen LogP contribution in [0.25, 0.3) is 0 Å². The Balaban J connectivity index is 2.13. The lowest BCUT2D eigenvalue weighted by Crippen LogP contribution is -2.52. The van der Waals surface area contributed by atoms with Gasteiger partial charge in [-0.3, -0.25) is 9.59 Å². The van der Waals surface area contributed by atoms with Gasteiger partial charge in [0.15, 0.2) is 0 Å². The fourth-order valence-corrected chi connectivity index (χ4v) is 2.85. The maximum absolute atomic E-state index is 12.7. The number of rotatable bonds is 5. The van der Waals surface area contributed by atoms with Gasteiger partial charge in [0.1, 0.15) is 0 Å². The molecular weight excluding hydrogens is 266 g/mol. The van der Waals surface area contributed by atoms with E-state index in [-0.39, 0.29) is 18.4 Å². The first-order valence-electron chi connectivity index (χ1n) is 7.50. The van der Waals surface area contributed by atoms with Gasteiger partial charge in [-0.05, 0) is 38.4 Å². The van der Waals surface area contributed by atoms with Crippen LogP contribution in [0.5, 0.6) is 0 Å². The minimum Gasteiger partial charge on any atom is -0.355 e. The minimum absolute atomic E-state index is 0.0364. The Morgan fingerprint density at radius 3 is 2.43 bits per heavy atom. The lowest BCUT2D eigenvalue weighted by Gasteiger charge is -2.36. The summed E-state index contributed by atoms with van der Waals surface area (Å²) in [5, 5.41) is 8.78. The van der Waals surface area contributed by atoms with Crippen LogP contribution in [0.1, 0.15) is 25.3 Å². The summed E-state index contributed by atoms with van der Waals surface area (Å²) in [7, 11) is 0. The molecule has 0 bridgehead atoms. The van der Waals surface area contributed by atoms with Crippen molar-refractivity contribution in [2.24, 2.45) is 0 Å². The quantitative estimate of drug-likeness (QED) is 0.742. The number of hydrogen-bond acceptors (Lipinski definition) is 3. The Morgan fingerprint density at radius 1 is 1.14 bits per heavy atom. The zero-order valence-electron chi connectivity index (χ0n) is 12.4. The van der Waals surface area contributed by atoms with Crippen LogP contribution in [0.3, 0.4) is 0 Å². The topological polar surface area (TPSA) is 70.2 Å². The number of nitrogens with one attached hydrogen (secondary N) is 3. The van der Waals surface area contributed by atoms with Crippen molar-refractivity contribution in [1.82, 2.24) is 16.0 Å². The Kier molecular flexibility index (Phi) is 5.33. The predicted molar refractivity (Wildman–Crippen MR) is 81.9 cm³/mol. The normalized spacial score (nSPS) is 17.0. The number of carbonyl (C=O) groups is 2. The number of benzene rings is 1. The SMILES string of the molecule is CCNC(=O)CNC(=O)C1(c2ccccc2)CCNCC1. The summed E-state index contributed by atoms with van der Waals surface area (Å²) in [5.74, 6) is -0.204. The summed E-state index contributed by atoms with van der Waals surface area (Å²) in [4.78, 5) is 24.2. The van der Waals surface area contributed by atoms with E-state index in [1.807, 2.05) is 37.3 Å². The van der Waals surface area contributed by atoms with Gasteiger partial charge >= 0.3 is 0 Å². The molecule has 0 spiro atoms. The third-order valence-electron chi connectivity index (χ3n) is 4.00. The number of hydrogen-bond donors (Lipinski definition) is 3. The summed E-state index contributed by atoms with van der Waals surface area (Å²) in [5.41, 5.74) is 0.499. The molecule has 3 N–H and O–H groups in total. The highest BCUT2D eigenvalue weighted by molar-refractivity contribution is 5.91. The molecule has 1 aromatic carbocycles. The summed E-state index contributed by atoms with van der Waals surface area (Å²) in [6.07, 6.45) is 1.50. The molecule has 0 unspecified atom stereocenters. The van der Waals surface area contributed by atoms with Crippen molar-refractivity contribution in [2.75, 3.05) is 26.2 Å². The standard InChI is InChI=1S/C16H23N3O2/c1-2-18-14(20)12-19-15(21)16(8-10-17-11-9-16)13-6-4-3-5-7-13/h3-7,17H,2,8-12H2,1H3,(H,18,20)(H,19,21). The van der Waals surface area contributed by atoms with Gasteiger partial charge in [0.2, 0.25) is 11.8 Å². The molecule has 1 heterocycles. The second kappa shape index (κ2) is 7.22. The molecule has 1 aliphatic rings. The van der Waals surface area contributed by atoms with Crippen molar-refractivity contribution in [3.05, 3.63) is 35.9 Å². The van der Waals surface area contributed by atoms with E-state index in [0.717, 1.165) is 31.5 Å². The molecule has 0 aromatic heterocycles. The Bertz CT molecular complexity index is 482. The lowest BCUT2D eigenvalue weighted by molar-refractivity contribution is -0.130. The number of likely N-dealkylation sites (N-methyl/N-ethyl adjacent to an activating group) is 1. The maximum Gasteiger partial charge on any atom is 0.239 e. The van der Waals surface area contributed by atoms with Gasteiger partial charge in [-0.1, -0.05) is 30.3 Å². The van der Waals surface area contributed by atoms with E-state index in [4.69, 9.17) is 0 Å². The van der Waals surface area contributed by atoms with Gasteiger partial charge < -0.3 is 16.0 Å². The van der Waals surface area contributed by atoms with Gasteiger partial charge in [0.25, 0.3) is 0 Å². The third-order valence-corrected chi connectivity index (χ3v) is 4.00. The Hall–Kier alpha value is -1.88. The molecule has 1 fully saturated rings. The molecular formula is C16H23N3O2. The van der Waals surface area contributed by atoms with E-state index < -0.39 is 5.41 Å². The van der Waals surface area contributed by atoms with Gasteiger partial charge in [-0.2, -0.15) is 0 Å². The fraction of sp³-hybridized carbons (Fsp3) is 0.500. The highest BCUT2D eigenvalue weighted by atomic mass is 16.2. The summed E-state index contributed by atoms with van der Waals surface area (Å²) >= 11 is 0. The molecule has 0 radical (unpaired) electrons. The molecule has 21 heavy (non-hydrogen) atoms. The van der Waals surface area contributed by atoms with Crippen LogP contribution in [0.4, 0.5) is 0 Å². The largest absolute Gasteiger partial charge is 0.355 e. The maximum atomic E-state index is 12.7. The second-order valence-electron chi connectivity index (χ2n) is 5.33. The molecule has 0 saturated carbocycles. The van der Waals surface area contributed by atoms with Gasteiger partial charge in [0, 0.05) is 6.54 Å². The lowest BCUT2D eigenvalue weighted by atomic mass is 9.72. The first-order chi connectivity index (χ1) is 10.2. The average molecular weight is 289 g/mol. The molecule has 0 atom stereocenters. The molecule has 0 aliphatic carbocycles. The molecule has 2 amide bonds. The van der Waals surface area contributed by atoms with E-state index in [1.165, 1.54) is 0 Å².